The maximum absolute atomic E-state index is 11.5. The van der Waals surface area contributed by atoms with Gasteiger partial charge in [0.2, 0.25) is 0 Å². The molecule has 0 heterocycles. The van der Waals surface area contributed by atoms with E-state index in [1.54, 1.807) is 13.1 Å². The summed E-state index contributed by atoms with van der Waals surface area (Å²) in [5.74, 6) is 0. The number of likely N-dealkylation sites (N-methyl/N-ethyl adjacent to an activating group) is 1. The molecule has 6 nitrogen and oxygen atoms in total. The van der Waals surface area contributed by atoms with Crippen molar-refractivity contribution in [1.82, 2.24) is 5.32 Å². The molecule has 1 atom stereocenters. The van der Waals surface area contributed by atoms with Crippen molar-refractivity contribution in [3.05, 3.63) is 33.9 Å². The van der Waals surface area contributed by atoms with Crippen molar-refractivity contribution in [3.8, 4) is 0 Å². The van der Waals surface area contributed by atoms with Crippen molar-refractivity contribution in [2.24, 2.45) is 0 Å². The fraction of sp³-hybridized carbons (Fsp3) is 0.455. The van der Waals surface area contributed by atoms with E-state index in [0.717, 1.165) is 6.26 Å². The van der Waals surface area contributed by atoms with Crippen molar-refractivity contribution in [2.45, 2.75) is 24.3 Å². The number of rotatable bonds is 5. The zero-order valence-corrected chi connectivity index (χ0v) is 11.3. The molecule has 18 heavy (non-hydrogen) atoms. The maximum atomic E-state index is 11.5. The number of benzene rings is 1. The normalized spacial score (nSPS) is 13.3. The molecule has 0 amide bonds. The highest BCUT2D eigenvalue weighted by Gasteiger charge is 2.26. The van der Waals surface area contributed by atoms with E-state index in [-0.39, 0.29) is 16.6 Å². The Morgan fingerprint density at radius 3 is 2.50 bits per heavy atom. The third kappa shape index (κ3) is 3.27. The molecule has 1 N–H and O–H groups in total. The van der Waals surface area contributed by atoms with Gasteiger partial charge < -0.3 is 5.32 Å². The molecule has 0 bridgehead atoms. The van der Waals surface area contributed by atoms with Crippen LogP contribution in [0.2, 0.25) is 0 Å². The van der Waals surface area contributed by atoms with Crippen molar-refractivity contribution in [1.29, 1.82) is 0 Å². The topological polar surface area (TPSA) is 89.3 Å². The highest BCUT2D eigenvalue weighted by molar-refractivity contribution is 7.90. The molecule has 0 aliphatic carbocycles. The van der Waals surface area contributed by atoms with Gasteiger partial charge in [-0.2, -0.15) is 0 Å². The summed E-state index contributed by atoms with van der Waals surface area (Å²) in [4.78, 5) is 10.2. The van der Waals surface area contributed by atoms with Crippen LogP contribution >= 0.6 is 0 Å². The highest BCUT2D eigenvalue weighted by Crippen LogP contribution is 2.28. The van der Waals surface area contributed by atoms with Crippen LogP contribution in [0, 0.1) is 10.1 Å². The van der Waals surface area contributed by atoms with Gasteiger partial charge in [-0.25, -0.2) is 8.42 Å². The van der Waals surface area contributed by atoms with Crippen LogP contribution in [-0.2, 0) is 16.3 Å². The fourth-order valence-electron chi connectivity index (χ4n) is 1.67. The van der Waals surface area contributed by atoms with Gasteiger partial charge in [-0.05, 0) is 26.5 Å². The first-order valence-corrected chi connectivity index (χ1v) is 7.30. The first kappa shape index (κ1) is 14.6. The van der Waals surface area contributed by atoms with Gasteiger partial charge in [0.05, 0.1) is 4.92 Å². The van der Waals surface area contributed by atoms with Crippen molar-refractivity contribution in [2.75, 3.05) is 13.3 Å². The monoisotopic (exact) mass is 272 g/mol. The zero-order chi connectivity index (χ0) is 13.9. The number of nitro benzene ring substituents is 1. The van der Waals surface area contributed by atoms with Crippen LogP contribution in [0.1, 0.15) is 12.5 Å². The second kappa shape index (κ2) is 5.45. The molecular weight excluding hydrogens is 256 g/mol. The minimum Gasteiger partial charge on any atom is -0.317 e. The van der Waals surface area contributed by atoms with Crippen molar-refractivity contribution < 1.29 is 13.3 Å². The van der Waals surface area contributed by atoms with Gasteiger partial charge >= 0.3 is 0 Å². The summed E-state index contributed by atoms with van der Waals surface area (Å²) in [6.45, 7) is 1.87. The largest absolute Gasteiger partial charge is 0.317 e. The third-order valence-electron chi connectivity index (χ3n) is 2.68. The van der Waals surface area contributed by atoms with Gasteiger partial charge in [0, 0.05) is 17.9 Å². The fourth-order valence-corrected chi connectivity index (χ4v) is 2.55. The Kier molecular flexibility index (Phi) is 4.42. The standard InChI is InChI=1S/C11H16N2O4S/c1-8(12-2)7-9-5-4-6-10(18(3,16)17)11(9)13(14)15/h4-6,8,12H,7H2,1-3H3. The second-order valence-electron chi connectivity index (χ2n) is 4.19. The summed E-state index contributed by atoms with van der Waals surface area (Å²) in [6.07, 6.45) is 1.37. The Balaban J connectivity index is 3.40. The number of hydrogen-bond donors (Lipinski definition) is 1. The van der Waals surface area contributed by atoms with E-state index in [0.29, 0.717) is 12.0 Å². The third-order valence-corrected chi connectivity index (χ3v) is 3.81. The molecule has 7 heteroatoms. The van der Waals surface area contributed by atoms with E-state index in [4.69, 9.17) is 0 Å². The molecule has 0 aromatic heterocycles. The summed E-state index contributed by atoms with van der Waals surface area (Å²) in [6, 6.07) is 4.40. The highest BCUT2D eigenvalue weighted by atomic mass is 32.2. The van der Waals surface area contributed by atoms with E-state index >= 15 is 0 Å². The molecule has 0 aliphatic rings. The van der Waals surface area contributed by atoms with E-state index < -0.39 is 14.8 Å². The number of para-hydroxylation sites is 1. The first-order valence-electron chi connectivity index (χ1n) is 5.41. The SMILES string of the molecule is CNC(C)Cc1cccc(S(C)(=O)=O)c1[N+](=O)[O-]. The molecule has 0 aliphatic heterocycles. The molecule has 0 saturated carbocycles. The Bertz CT molecular complexity index is 554. The van der Waals surface area contributed by atoms with Gasteiger partial charge in [-0.3, -0.25) is 10.1 Å². The molecule has 0 radical (unpaired) electrons. The van der Waals surface area contributed by atoms with Gasteiger partial charge in [-0.1, -0.05) is 12.1 Å². The summed E-state index contributed by atoms with van der Waals surface area (Å²) < 4.78 is 23.1. The Morgan fingerprint density at radius 1 is 1.44 bits per heavy atom. The lowest BCUT2D eigenvalue weighted by Crippen LogP contribution is -2.24. The Labute approximate surface area is 106 Å². The molecule has 1 unspecified atom stereocenters. The molecule has 1 aromatic rings. The van der Waals surface area contributed by atoms with E-state index in [1.807, 2.05) is 6.92 Å². The van der Waals surface area contributed by atoms with Crippen LogP contribution in [0.5, 0.6) is 0 Å². The van der Waals surface area contributed by atoms with Gasteiger partial charge in [0.25, 0.3) is 5.69 Å². The Morgan fingerprint density at radius 2 is 2.06 bits per heavy atom. The molecule has 1 rings (SSSR count). The zero-order valence-electron chi connectivity index (χ0n) is 10.5. The van der Waals surface area contributed by atoms with E-state index in [1.165, 1.54) is 12.1 Å². The lowest BCUT2D eigenvalue weighted by Gasteiger charge is -2.11. The van der Waals surface area contributed by atoms with Gasteiger partial charge in [-0.15, -0.1) is 0 Å². The molecule has 0 spiro atoms. The van der Waals surface area contributed by atoms with Crippen LogP contribution in [0.25, 0.3) is 0 Å². The molecule has 100 valence electrons. The number of sulfone groups is 1. The maximum Gasteiger partial charge on any atom is 0.291 e. The predicted molar refractivity (Wildman–Crippen MR) is 68.4 cm³/mol. The average molecular weight is 272 g/mol. The number of nitrogens with zero attached hydrogens (tertiary/aromatic N) is 1. The summed E-state index contributed by atoms with van der Waals surface area (Å²) in [5, 5.41) is 14.0. The van der Waals surface area contributed by atoms with Crippen LogP contribution < -0.4 is 5.32 Å². The van der Waals surface area contributed by atoms with Gasteiger partial charge in [0.15, 0.2) is 9.84 Å². The van der Waals surface area contributed by atoms with Crippen LogP contribution in [0.15, 0.2) is 23.1 Å². The van der Waals surface area contributed by atoms with Crippen LogP contribution in [-0.4, -0.2) is 32.7 Å². The minimum atomic E-state index is -3.61. The van der Waals surface area contributed by atoms with Crippen molar-refractivity contribution >= 4 is 15.5 Å². The van der Waals surface area contributed by atoms with E-state index in [9.17, 15) is 18.5 Å². The van der Waals surface area contributed by atoms with Gasteiger partial charge in [0.1, 0.15) is 4.90 Å². The van der Waals surface area contributed by atoms with Crippen LogP contribution in [0.3, 0.4) is 0 Å². The quantitative estimate of drug-likeness (QED) is 0.641. The molecule has 1 aromatic carbocycles. The number of hydrogen-bond acceptors (Lipinski definition) is 5. The molecular formula is C11H16N2O4S. The average Bonchev–Trinajstić information content (AvgIpc) is 2.27. The lowest BCUT2D eigenvalue weighted by atomic mass is 10.1. The summed E-state index contributed by atoms with van der Waals surface area (Å²) in [7, 11) is -1.86. The Hall–Kier alpha value is -1.47. The van der Waals surface area contributed by atoms with Crippen molar-refractivity contribution in [3.63, 3.8) is 0 Å². The summed E-state index contributed by atoms with van der Waals surface area (Å²) >= 11 is 0. The predicted octanol–water partition coefficient (Wildman–Crippen LogP) is 1.15. The first-order chi connectivity index (χ1) is 8.27. The number of nitro groups is 1. The minimum absolute atomic E-state index is 0.0264. The van der Waals surface area contributed by atoms with Crippen LogP contribution in [0.4, 0.5) is 5.69 Å². The molecule has 0 fully saturated rings. The lowest BCUT2D eigenvalue weighted by molar-refractivity contribution is -0.388. The second-order valence-corrected chi connectivity index (χ2v) is 6.17. The smallest absolute Gasteiger partial charge is 0.291 e. The number of nitrogens with one attached hydrogen (secondary N) is 1. The summed E-state index contributed by atoms with van der Waals surface area (Å²) in [5.41, 5.74) is 0.104. The molecule has 0 saturated heterocycles. The van der Waals surface area contributed by atoms with E-state index in [2.05, 4.69) is 5.32 Å².